The van der Waals surface area contributed by atoms with Crippen LogP contribution in [0.15, 0.2) is 18.2 Å². The predicted octanol–water partition coefficient (Wildman–Crippen LogP) is 1.73. The van der Waals surface area contributed by atoms with Crippen LogP contribution < -0.4 is 5.32 Å². The third kappa shape index (κ3) is 3.63. The van der Waals surface area contributed by atoms with Gasteiger partial charge in [-0.3, -0.25) is 0 Å². The average Bonchev–Trinajstić information content (AvgIpc) is 2.37. The third-order valence-electron chi connectivity index (χ3n) is 3.19. The van der Waals surface area contributed by atoms with Crippen LogP contribution in [0.25, 0.3) is 0 Å². The Labute approximate surface area is 122 Å². The molecule has 0 atom stereocenters. The number of rotatable bonds is 2. The van der Waals surface area contributed by atoms with Crippen LogP contribution in [0.2, 0.25) is 0 Å². The lowest BCUT2D eigenvalue weighted by atomic mass is 10.1. The summed E-state index contributed by atoms with van der Waals surface area (Å²) in [5.74, 6) is -1.61. The van der Waals surface area contributed by atoms with Crippen LogP contribution in [0.3, 0.4) is 0 Å². The second-order valence-electron chi connectivity index (χ2n) is 5.50. The van der Waals surface area contributed by atoms with Crippen molar-refractivity contribution in [1.82, 2.24) is 4.90 Å². The quantitative estimate of drug-likeness (QED) is 0.771. The number of hydrogen-bond acceptors (Lipinski definition) is 4. The van der Waals surface area contributed by atoms with E-state index in [1.807, 2.05) is 13.8 Å². The molecule has 1 aromatic carbocycles. The fourth-order valence-corrected chi connectivity index (χ4v) is 2.18. The molecule has 3 N–H and O–H groups in total. The molecule has 1 aliphatic rings. The number of urea groups is 1. The molecule has 0 spiro atoms. The highest BCUT2D eigenvalue weighted by Gasteiger charge is 2.30. The van der Waals surface area contributed by atoms with E-state index in [1.165, 1.54) is 18.2 Å². The summed E-state index contributed by atoms with van der Waals surface area (Å²) < 4.78 is 5.53. The highest BCUT2D eigenvalue weighted by molar-refractivity contribution is 5.94. The van der Waals surface area contributed by atoms with Gasteiger partial charge in [-0.1, -0.05) is 0 Å². The average molecular weight is 294 g/mol. The molecule has 0 unspecified atom stereocenters. The Bertz CT molecular complexity index is 570. The van der Waals surface area contributed by atoms with Crippen LogP contribution >= 0.6 is 0 Å². The minimum atomic E-state index is -1.22. The smallest absolute Gasteiger partial charge is 0.339 e. The van der Waals surface area contributed by atoms with Crippen molar-refractivity contribution >= 4 is 17.7 Å². The number of carboxylic acid groups (broad SMARTS) is 1. The number of hydrogen-bond donors (Lipinski definition) is 3. The molecule has 7 nitrogen and oxygen atoms in total. The molecule has 1 aromatic rings. The number of benzene rings is 1. The second-order valence-corrected chi connectivity index (χ2v) is 5.50. The van der Waals surface area contributed by atoms with E-state index >= 15 is 0 Å². The molecule has 1 saturated heterocycles. The van der Waals surface area contributed by atoms with Gasteiger partial charge in [0.05, 0.1) is 18.8 Å². The van der Waals surface area contributed by atoms with Crippen LogP contribution in [0.1, 0.15) is 24.2 Å². The van der Waals surface area contributed by atoms with Crippen molar-refractivity contribution in [2.75, 3.05) is 25.0 Å². The lowest BCUT2D eigenvalue weighted by Crippen LogP contribution is -2.51. The van der Waals surface area contributed by atoms with Crippen LogP contribution in [-0.4, -0.2) is 52.4 Å². The topological polar surface area (TPSA) is 99.1 Å². The maximum Gasteiger partial charge on any atom is 0.339 e. The number of anilines is 1. The number of aromatic carboxylic acids is 1. The molecular formula is C14H18N2O5. The van der Waals surface area contributed by atoms with Crippen LogP contribution in [-0.2, 0) is 4.74 Å². The first-order chi connectivity index (χ1) is 9.78. The Morgan fingerprint density at radius 2 is 2.10 bits per heavy atom. The predicted molar refractivity (Wildman–Crippen MR) is 75.7 cm³/mol. The number of ether oxygens (including phenoxy) is 1. The van der Waals surface area contributed by atoms with Gasteiger partial charge in [0.1, 0.15) is 11.3 Å². The van der Waals surface area contributed by atoms with Gasteiger partial charge < -0.3 is 25.2 Å². The first-order valence-electron chi connectivity index (χ1n) is 6.55. The lowest BCUT2D eigenvalue weighted by molar-refractivity contribution is -0.0720. The molecule has 2 amide bonds. The minimum Gasteiger partial charge on any atom is -0.507 e. The molecule has 0 bridgehead atoms. The van der Waals surface area contributed by atoms with Gasteiger partial charge in [0.2, 0.25) is 0 Å². The molecule has 2 rings (SSSR count). The van der Waals surface area contributed by atoms with Crippen molar-refractivity contribution in [2.24, 2.45) is 0 Å². The van der Waals surface area contributed by atoms with Crippen molar-refractivity contribution in [3.63, 3.8) is 0 Å². The SMILES string of the molecule is CC1(C)CN(C(=O)Nc2ccc(C(=O)O)c(O)c2)CCO1. The highest BCUT2D eigenvalue weighted by Crippen LogP contribution is 2.23. The van der Waals surface area contributed by atoms with Crippen molar-refractivity contribution < 1.29 is 24.5 Å². The highest BCUT2D eigenvalue weighted by atomic mass is 16.5. The Morgan fingerprint density at radius 3 is 2.67 bits per heavy atom. The fraction of sp³-hybridized carbons (Fsp3) is 0.429. The molecule has 1 aliphatic heterocycles. The monoisotopic (exact) mass is 294 g/mol. The summed E-state index contributed by atoms with van der Waals surface area (Å²) in [4.78, 5) is 24.6. The lowest BCUT2D eigenvalue weighted by Gasteiger charge is -2.38. The molecule has 1 heterocycles. The molecule has 0 aliphatic carbocycles. The number of phenols is 1. The van der Waals surface area contributed by atoms with Crippen LogP contribution in [0.5, 0.6) is 5.75 Å². The Balaban J connectivity index is 2.06. The van der Waals surface area contributed by atoms with Crippen molar-refractivity contribution in [3.8, 4) is 5.75 Å². The zero-order chi connectivity index (χ0) is 15.6. The molecule has 0 aromatic heterocycles. The molecule has 0 radical (unpaired) electrons. The second kappa shape index (κ2) is 5.61. The van der Waals surface area contributed by atoms with Gasteiger partial charge >= 0.3 is 12.0 Å². The largest absolute Gasteiger partial charge is 0.507 e. The molecule has 114 valence electrons. The molecule has 1 fully saturated rings. The van der Waals surface area contributed by atoms with Gasteiger partial charge in [0.15, 0.2) is 0 Å². The van der Waals surface area contributed by atoms with E-state index in [4.69, 9.17) is 9.84 Å². The van der Waals surface area contributed by atoms with Gasteiger partial charge in [-0.2, -0.15) is 0 Å². The number of nitrogens with zero attached hydrogens (tertiary/aromatic N) is 1. The summed E-state index contributed by atoms with van der Waals surface area (Å²) in [6.45, 7) is 5.20. The standard InChI is InChI=1S/C14H18N2O5/c1-14(2)8-16(5-6-21-14)13(20)15-9-3-4-10(12(18)19)11(17)7-9/h3-4,7,17H,5-6,8H2,1-2H3,(H,15,20)(H,18,19). The van der Waals surface area contributed by atoms with Gasteiger partial charge in [0, 0.05) is 18.3 Å². The normalized spacial score (nSPS) is 17.3. The number of nitrogens with one attached hydrogen (secondary N) is 1. The minimum absolute atomic E-state index is 0.208. The van der Waals surface area contributed by atoms with E-state index in [-0.39, 0.29) is 17.3 Å². The van der Waals surface area contributed by atoms with Crippen LogP contribution in [0, 0.1) is 0 Å². The van der Waals surface area contributed by atoms with E-state index in [9.17, 15) is 14.7 Å². The van der Waals surface area contributed by atoms with Crippen molar-refractivity contribution in [2.45, 2.75) is 19.4 Å². The Hall–Kier alpha value is -2.28. The zero-order valence-electron chi connectivity index (χ0n) is 11.9. The Kier molecular flexibility index (Phi) is 4.04. The van der Waals surface area contributed by atoms with Gasteiger partial charge in [-0.15, -0.1) is 0 Å². The number of amides is 2. The summed E-state index contributed by atoms with van der Waals surface area (Å²) in [6, 6.07) is 3.59. The van der Waals surface area contributed by atoms with Gasteiger partial charge in [-0.05, 0) is 26.0 Å². The fourth-order valence-electron chi connectivity index (χ4n) is 2.18. The first-order valence-corrected chi connectivity index (χ1v) is 6.55. The van der Waals surface area contributed by atoms with Gasteiger partial charge in [0.25, 0.3) is 0 Å². The molecule has 21 heavy (non-hydrogen) atoms. The number of carbonyl (C=O) groups excluding carboxylic acids is 1. The summed E-state index contributed by atoms with van der Waals surface area (Å²) in [7, 11) is 0. The number of carbonyl (C=O) groups is 2. The van der Waals surface area contributed by atoms with Gasteiger partial charge in [-0.25, -0.2) is 9.59 Å². The van der Waals surface area contributed by atoms with Crippen molar-refractivity contribution in [1.29, 1.82) is 0 Å². The maximum atomic E-state index is 12.1. The number of carboxylic acids is 1. The Morgan fingerprint density at radius 1 is 1.38 bits per heavy atom. The van der Waals surface area contributed by atoms with E-state index in [1.54, 1.807) is 4.90 Å². The van der Waals surface area contributed by atoms with E-state index in [0.717, 1.165) is 0 Å². The summed E-state index contributed by atoms with van der Waals surface area (Å²) in [5, 5.41) is 21.1. The molecule has 0 saturated carbocycles. The first kappa shape index (κ1) is 15.1. The third-order valence-corrected chi connectivity index (χ3v) is 3.19. The van der Waals surface area contributed by atoms with Crippen LogP contribution in [0.4, 0.5) is 10.5 Å². The number of morpholine rings is 1. The zero-order valence-corrected chi connectivity index (χ0v) is 11.9. The molecular weight excluding hydrogens is 276 g/mol. The van der Waals surface area contributed by atoms with E-state index < -0.39 is 11.6 Å². The maximum absolute atomic E-state index is 12.1. The van der Waals surface area contributed by atoms with E-state index in [2.05, 4.69) is 5.32 Å². The molecule has 7 heteroatoms. The summed E-state index contributed by atoms with van der Waals surface area (Å²) in [6.07, 6.45) is 0. The number of aromatic hydroxyl groups is 1. The van der Waals surface area contributed by atoms with Crippen molar-refractivity contribution in [3.05, 3.63) is 23.8 Å². The summed E-state index contributed by atoms with van der Waals surface area (Å²) in [5.41, 5.74) is -0.266. The summed E-state index contributed by atoms with van der Waals surface area (Å²) >= 11 is 0. The van der Waals surface area contributed by atoms with E-state index in [0.29, 0.717) is 25.4 Å².